The first-order chi connectivity index (χ1) is 17.2. The van der Waals surface area contributed by atoms with Gasteiger partial charge in [0.2, 0.25) is 0 Å². The summed E-state index contributed by atoms with van der Waals surface area (Å²) in [5.74, 6) is -0.582. The monoisotopic (exact) mass is 483 g/mol. The number of pyridine rings is 1. The third-order valence-electron chi connectivity index (χ3n) is 9.50. The van der Waals surface area contributed by atoms with E-state index in [4.69, 9.17) is 5.73 Å². The van der Waals surface area contributed by atoms with Gasteiger partial charge in [0.05, 0.1) is 5.60 Å². The molecule has 4 atom stereocenters. The van der Waals surface area contributed by atoms with Gasteiger partial charge < -0.3 is 20.9 Å². The zero-order valence-corrected chi connectivity index (χ0v) is 20.0. The van der Waals surface area contributed by atoms with Crippen LogP contribution in [0, 0.1) is 5.41 Å². The zero-order chi connectivity index (χ0) is 24.9. The predicted octanol–water partition coefficient (Wildman–Crippen LogP) is 1.82. The lowest BCUT2D eigenvalue weighted by atomic mass is 9.58. The van der Waals surface area contributed by atoms with E-state index in [9.17, 15) is 19.8 Å². The van der Waals surface area contributed by atoms with E-state index in [1.165, 1.54) is 11.1 Å². The molecule has 3 aliphatic carbocycles. The molecule has 1 saturated carbocycles. The molecule has 1 amide bonds. The fourth-order valence-corrected chi connectivity index (χ4v) is 8.33. The van der Waals surface area contributed by atoms with Crippen molar-refractivity contribution in [3.8, 4) is 5.75 Å². The maximum Gasteiger partial charge on any atom is 0.261 e. The third kappa shape index (κ3) is 2.70. The fraction of sp³-hybridized carbons (Fsp3) is 0.379. The highest BCUT2D eigenvalue weighted by atomic mass is 16.3. The fourth-order valence-electron chi connectivity index (χ4n) is 8.33. The number of carbonyl (C=O) groups excluding carboxylic acids is 1. The summed E-state index contributed by atoms with van der Waals surface area (Å²) >= 11 is 0. The number of hydrogen-bond donors (Lipinski definition) is 4. The molecule has 7 heteroatoms. The summed E-state index contributed by atoms with van der Waals surface area (Å²) < 4.78 is 0. The van der Waals surface area contributed by atoms with Gasteiger partial charge in [-0.05, 0) is 59.7 Å². The number of phenolic OH excluding ortho intramolecular Hbond substituents is 1. The van der Waals surface area contributed by atoms with Crippen LogP contribution in [0.25, 0.3) is 0 Å². The average molecular weight is 484 g/mol. The van der Waals surface area contributed by atoms with Gasteiger partial charge in [0.1, 0.15) is 11.3 Å². The summed E-state index contributed by atoms with van der Waals surface area (Å²) in [6, 6.07) is 17.5. The molecule has 4 aliphatic rings. The number of H-pyrrole nitrogens is 1. The van der Waals surface area contributed by atoms with Crippen LogP contribution >= 0.6 is 0 Å². The highest BCUT2D eigenvalue weighted by Crippen LogP contribution is 2.70. The molecule has 2 aromatic carbocycles. The number of aromatic nitrogens is 1. The van der Waals surface area contributed by atoms with Gasteiger partial charge in [-0.1, -0.05) is 36.4 Å². The Morgan fingerprint density at radius 2 is 1.89 bits per heavy atom. The average Bonchev–Trinajstić information content (AvgIpc) is 2.96. The minimum atomic E-state index is -1.11. The van der Waals surface area contributed by atoms with Gasteiger partial charge in [-0.25, -0.2) is 0 Å². The second-order valence-corrected chi connectivity index (χ2v) is 11.4. The van der Waals surface area contributed by atoms with Crippen LogP contribution in [0.1, 0.15) is 44.7 Å². The van der Waals surface area contributed by atoms with Gasteiger partial charge >= 0.3 is 0 Å². The van der Waals surface area contributed by atoms with Crippen LogP contribution in [0.2, 0.25) is 0 Å². The standard InChI is InChI=1S/C29H29N3O4/c30-24(34)21-10-19-13-29(36)26-27(16-32(26)9-8-17-4-2-1-3-5-17)12-18-6-7-20(33)11-22(18)28(29,15-27)14-23(19)31-25(21)35/h1-7,10-11,26,33,36H,8-9,12-16H2,(H2,30,34)(H,31,35)/t26-,27?,28?,29-/m1/s1. The predicted molar refractivity (Wildman–Crippen MR) is 134 cm³/mol. The van der Waals surface area contributed by atoms with Crippen LogP contribution in [0.4, 0.5) is 0 Å². The molecule has 2 heterocycles. The number of phenols is 1. The molecule has 0 radical (unpaired) electrons. The molecule has 2 spiro atoms. The Morgan fingerprint density at radius 3 is 2.67 bits per heavy atom. The third-order valence-corrected chi connectivity index (χ3v) is 9.50. The van der Waals surface area contributed by atoms with Crippen LogP contribution in [0.5, 0.6) is 5.75 Å². The van der Waals surface area contributed by atoms with Crippen LogP contribution in [-0.4, -0.2) is 50.7 Å². The van der Waals surface area contributed by atoms with Crippen molar-refractivity contribution in [1.82, 2.24) is 9.88 Å². The normalized spacial score (nSPS) is 31.5. The summed E-state index contributed by atoms with van der Waals surface area (Å²) in [7, 11) is 0. The molecule has 184 valence electrons. The van der Waals surface area contributed by atoms with Crippen LogP contribution in [0.3, 0.4) is 0 Å². The number of nitrogens with zero attached hydrogens (tertiary/aromatic N) is 1. The second kappa shape index (κ2) is 7.08. The Bertz CT molecular complexity index is 1480. The van der Waals surface area contributed by atoms with Crippen molar-refractivity contribution in [2.24, 2.45) is 11.1 Å². The Labute approximate surface area is 208 Å². The van der Waals surface area contributed by atoms with E-state index >= 15 is 0 Å². The van der Waals surface area contributed by atoms with Crippen molar-refractivity contribution in [2.75, 3.05) is 13.1 Å². The molecule has 1 saturated heterocycles. The van der Waals surface area contributed by atoms with E-state index < -0.39 is 22.5 Å². The van der Waals surface area contributed by atoms with Crippen molar-refractivity contribution >= 4 is 5.91 Å². The first kappa shape index (κ1) is 21.8. The minimum Gasteiger partial charge on any atom is -0.508 e. The Hall–Kier alpha value is -3.42. The molecule has 7 nitrogen and oxygen atoms in total. The first-order valence-electron chi connectivity index (χ1n) is 12.6. The van der Waals surface area contributed by atoms with Gasteiger partial charge in [0.25, 0.3) is 11.5 Å². The number of aromatic hydroxyl groups is 1. The van der Waals surface area contributed by atoms with Crippen LogP contribution < -0.4 is 11.3 Å². The molecule has 5 N–H and O–H groups in total. The summed E-state index contributed by atoms with van der Waals surface area (Å²) in [6.45, 7) is 1.76. The van der Waals surface area contributed by atoms with Gasteiger partial charge in [0.15, 0.2) is 0 Å². The largest absolute Gasteiger partial charge is 0.508 e. The van der Waals surface area contributed by atoms with E-state index in [-0.39, 0.29) is 22.8 Å². The molecule has 2 bridgehead atoms. The maximum atomic E-state index is 12.8. The highest BCUT2D eigenvalue weighted by molar-refractivity contribution is 5.92. The van der Waals surface area contributed by atoms with Gasteiger partial charge in [-0.15, -0.1) is 0 Å². The van der Waals surface area contributed by atoms with Crippen molar-refractivity contribution in [1.29, 1.82) is 0 Å². The summed E-state index contributed by atoms with van der Waals surface area (Å²) in [5, 5.41) is 23.2. The molecule has 3 aromatic rings. The molecule has 36 heavy (non-hydrogen) atoms. The number of aromatic amines is 1. The smallest absolute Gasteiger partial charge is 0.261 e. The number of rotatable bonds is 4. The zero-order valence-electron chi connectivity index (χ0n) is 20.0. The van der Waals surface area contributed by atoms with Gasteiger partial charge in [-0.2, -0.15) is 0 Å². The molecule has 7 rings (SSSR count). The number of hydrogen-bond acceptors (Lipinski definition) is 5. The summed E-state index contributed by atoms with van der Waals surface area (Å²) in [5.41, 5.74) is 8.05. The molecular weight excluding hydrogens is 454 g/mol. The number of carbonyl (C=O) groups is 1. The lowest BCUT2D eigenvalue weighted by molar-refractivity contribution is -0.146. The number of likely N-dealkylation sites (tertiary alicyclic amines) is 1. The lowest BCUT2D eigenvalue weighted by Crippen LogP contribution is -2.71. The minimum absolute atomic E-state index is 0.0552. The Kier molecular flexibility index (Phi) is 4.29. The topological polar surface area (TPSA) is 120 Å². The van der Waals surface area contributed by atoms with E-state index in [0.717, 1.165) is 49.2 Å². The highest BCUT2D eigenvalue weighted by Gasteiger charge is 2.77. The number of fused-ring (bicyclic) bond motifs is 3. The molecule has 1 aromatic heterocycles. The number of primary amides is 1. The van der Waals surface area contributed by atoms with E-state index in [2.05, 4.69) is 34.1 Å². The van der Waals surface area contributed by atoms with E-state index in [1.54, 1.807) is 12.1 Å². The number of nitrogens with two attached hydrogens (primary N) is 1. The van der Waals surface area contributed by atoms with Crippen molar-refractivity contribution < 1.29 is 15.0 Å². The molecule has 2 fully saturated rings. The van der Waals surface area contributed by atoms with Crippen LogP contribution in [0.15, 0.2) is 59.4 Å². The molecule has 1 aliphatic heterocycles. The van der Waals surface area contributed by atoms with Gasteiger partial charge in [0, 0.05) is 48.5 Å². The Morgan fingerprint density at radius 1 is 1.08 bits per heavy atom. The Balaban J connectivity index is 1.36. The second-order valence-electron chi connectivity index (χ2n) is 11.4. The SMILES string of the molecule is NC(=O)c1cc2c([nH]c1=O)CC13CC4(Cc5ccc(O)cc51)CN(CCc1ccccc1)[C@H]4[C@]3(O)C2. The lowest BCUT2D eigenvalue weighted by Gasteiger charge is -2.58. The summed E-state index contributed by atoms with van der Waals surface area (Å²) in [4.78, 5) is 29.9. The van der Waals surface area contributed by atoms with Crippen molar-refractivity contribution in [3.05, 3.63) is 98.5 Å². The van der Waals surface area contributed by atoms with Crippen molar-refractivity contribution in [3.63, 3.8) is 0 Å². The van der Waals surface area contributed by atoms with E-state index in [0.29, 0.717) is 12.8 Å². The number of nitrogens with one attached hydrogen (secondary N) is 1. The van der Waals surface area contributed by atoms with Crippen LogP contribution in [-0.2, 0) is 31.1 Å². The molecular formula is C29H29N3O4. The number of benzene rings is 2. The van der Waals surface area contributed by atoms with Gasteiger partial charge in [-0.3, -0.25) is 14.5 Å². The number of aliphatic hydroxyl groups is 1. The first-order valence-corrected chi connectivity index (χ1v) is 12.6. The quantitative estimate of drug-likeness (QED) is 0.451. The summed E-state index contributed by atoms with van der Waals surface area (Å²) in [6.07, 6.45) is 3.34. The number of amides is 1. The van der Waals surface area contributed by atoms with E-state index in [1.807, 2.05) is 18.2 Å². The maximum absolute atomic E-state index is 12.8. The van der Waals surface area contributed by atoms with Crippen molar-refractivity contribution in [2.45, 2.75) is 49.2 Å². The molecule has 2 unspecified atom stereocenters.